The maximum absolute atomic E-state index is 12.3. The maximum Gasteiger partial charge on any atom is 0.255 e. The molecule has 1 amide bonds. The third kappa shape index (κ3) is 2.88. The van der Waals surface area contributed by atoms with E-state index in [1.165, 1.54) is 0 Å². The third-order valence-corrected chi connectivity index (χ3v) is 3.73. The number of rotatable bonds is 2. The second-order valence-electron chi connectivity index (χ2n) is 3.99. The molecule has 0 aliphatic carbocycles. The number of hydrogen-bond acceptors (Lipinski definition) is 3. The van der Waals surface area contributed by atoms with E-state index in [4.69, 9.17) is 22.7 Å². The zero-order valence-corrected chi connectivity index (χ0v) is 12.0. The Labute approximate surface area is 119 Å². The number of hydrogen-bond donors (Lipinski definition) is 1. The predicted molar refractivity (Wildman–Crippen MR) is 76.6 cm³/mol. The molecule has 0 radical (unpaired) electrons. The first-order valence-electron chi connectivity index (χ1n) is 5.54. The van der Waals surface area contributed by atoms with Gasteiger partial charge in [-0.3, -0.25) is 4.79 Å². The normalized spacial score (nSPS) is 19.6. The lowest BCUT2D eigenvalue weighted by Crippen LogP contribution is -2.50. The number of thiocarbonyl (C=S) groups is 1. The number of benzene rings is 1. The van der Waals surface area contributed by atoms with Crippen molar-refractivity contribution >= 4 is 39.0 Å². The Bertz CT molecular complexity index is 481. The highest BCUT2D eigenvalue weighted by atomic mass is 79.9. The molecule has 1 aromatic rings. The Balaban J connectivity index is 2.14. The Morgan fingerprint density at radius 1 is 1.50 bits per heavy atom. The molecule has 2 N–H and O–H groups in total. The molecule has 2 rings (SSSR count). The fraction of sp³-hybridized carbons (Fsp3) is 0.333. The predicted octanol–water partition coefficient (Wildman–Crippen LogP) is 1.58. The van der Waals surface area contributed by atoms with E-state index in [0.29, 0.717) is 30.2 Å². The summed E-state index contributed by atoms with van der Waals surface area (Å²) in [5.74, 6) is -0.0352. The van der Waals surface area contributed by atoms with E-state index in [1.54, 1.807) is 11.0 Å². The second-order valence-corrected chi connectivity index (χ2v) is 5.32. The first-order valence-corrected chi connectivity index (χ1v) is 6.74. The van der Waals surface area contributed by atoms with Crippen molar-refractivity contribution in [3.8, 4) is 0 Å². The van der Waals surface area contributed by atoms with Crippen molar-refractivity contribution in [3.63, 3.8) is 0 Å². The van der Waals surface area contributed by atoms with Crippen LogP contribution in [-0.4, -0.2) is 41.6 Å². The number of morpholine rings is 1. The van der Waals surface area contributed by atoms with Crippen molar-refractivity contribution in [3.05, 3.63) is 34.3 Å². The van der Waals surface area contributed by atoms with E-state index in [-0.39, 0.29) is 12.0 Å². The Morgan fingerprint density at radius 2 is 2.22 bits per heavy atom. The lowest BCUT2D eigenvalue weighted by Gasteiger charge is -2.32. The lowest BCUT2D eigenvalue weighted by molar-refractivity contribution is 0.00874. The van der Waals surface area contributed by atoms with Gasteiger partial charge in [0.1, 0.15) is 11.1 Å². The van der Waals surface area contributed by atoms with Crippen molar-refractivity contribution in [1.29, 1.82) is 0 Å². The van der Waals surface area contributed by atoms with Gasteiger partial charge in [0.25, 0.3) is 5.91 Å². The first kappa shape index (κ1) is 13.5. The summed E-state index contributed by atoms with van der Waals surface area (Å²) in [5, 5.41) is 0. The summed E-state index contributed by atoms with van der Waals surface area (Å²) in [6.07, 6.45) is -0.347. The molecule has 4 nitrogen and oxygen atoms in total. The van der Waals surface area contributed by atoms with Gasteiger partial charge in [-0.25, -0.2) is 0 Å². The van der Waals surface area contributed by atoms with Crippen LogP contribution in [0.3, 0.4) is 0 Å². The van der Waals surface area contributed by atoms with E-state index >= 15 is 0 Å². The number of nitrogens with zero attached hydrogens (tertiary/aromatic N) is 1. The van der Waals surface area contributed by atoms with Crippen LogP contribution in [0.1, 0.15) is 10.4 Å². The van der Waals surface area contributed by atoms with Gasteiger partial charge >= 0.3 is 0 Å². The average molecular weight is 329 g/mol. The molecule has 0 aromatic heterocycles. The lowest BCUT2D eigenvalue weighted by atomic mass is 10.1. The summed E-state index contributed by atoms with van der Waals surface area (Å²) in [7, 11) is 0. The quantitative estimate of drug-likeness (QED) is 0.837. The molecular weight excluding hydrogens is 316 g/mol. The molecule has 1 aliphatic heterocycles. The number of carbonyl (C=O) groups is 1. The molecule has 1 atom stereocenters. The summed E-state index contributed by atoms with van der Waals surface area (Å²) >= 11 is 8.28. The molecule has 1 heterocycles. The number of halogens is 1. The van der Waals surface area contributed by atoms with Crippen molar-refractivity contribution in [2.75, 3.05) is 19.7 Å². The molecule has 0 spiro atoms. The molecule has 1 fully saturated rings. The van der Waals surface area contributed by atoms with Crippen molar-refractivity contribution < 1.29 is 9.53 Å². The van der Waals surface area contributed by atoms with Crippen molar-refractivity contribution in [2.45, 2.75) is 6.10 Å². The SMILES string of the molecule is NC(=S)C1CN(C(=O)c2ccccc2Br)CCO1. The van der Waals surface area contributed by atoms with Gasteiger partial charge in [-0.05, 0) is 28.1 Å². The second kappa shape index (κ2) is 5.77. The number of nitrogens with two attached hydrogens (primary N) is 1. The summed E-state index contributed by atoms with van der Waals surface area (Å²) < 4.78 is 6.20. The highest BCUT2D eigenvalue weighted by molar-refractivity contribution is 9.10. The number of ether oxygens (including phenoxy) is 1. The standard InChI is InChI=1S/C12H13BrN2O2S/c13-9-4-2-1-3-8(9)12(16)15-5-6-17-10(7-15)11(14)18/h1-4,10H,5-7H2,(H2,14,18). The van der Waals surface area contributed by atoms with E-state index < -0.39 is 0 Å². The Morgan fingerprint density at radius 3 is 2.89 bits per heavy atom. The van der Waals surface area contributed by atoms with Gasteiger partial charge in [0, 0.05) is 11.0 Å². The number of amides is 1. The van der Waals surface area contributed by atoms with Gasteiger partial charge in [-0.2, -0.15) is 0 Å². The van der Waals surface area contributed by atoms with Gasteiger partial charge < -0.3 is 15.4 Å². The molecule has 96 valence electrons. The molecule has 1 unspecified atom stereocenters. The zero-order chi connectivity index (χ0) is 13.1. The highest BCUT2D eigenvalue weighted by Crippen LogP contribution is 2.19. The Hall–Kier alpha value is -0.980. The van der Waals surface area contributed by atoms with Crippen LogP contribution < -0.4 is 5.73 Å². The molecule has 1 aromatic carbocycles. The van der Waals surface area contributed by atoms with E-state index in [2.05, 4.69) is 15.9 Å². The molecule has 0 bridgehead atoms. The molecule has 0 saturated carbocycles. The molecule has 6 heteroatoms. The van der Waals surface area contributed by atoms with Crippen LogP contribution in [0.5, 0.6) is 0 Å². The molecular formula is C12H13BrN2O2S. The minimum Gasteiger partial charge on any atom is -0.391 e. The van der Waals surface area contributed by atoms with Gasteiger partial charge in [0.15, 0.2) is 0 Å². The van der Waals surface area contributed by atoms with Gasteiger partial charge in [-0.1, -0.05) is 24.4 Å². The fourth-order valence-electron chi connectivity index (χ4n) is 1.81. The van der Waals surface area contributed by atoms with E-state index in [1.807, 2.05) is 18.2 Å². The summed E-state index contributed by atoms with van der Waals surface area (Å²) in [6.45, 7) is 1.42. The van der Waals surface area contributed by atoms with E-state index in [9.17, 15) is 4.79 Å². The smallest absolute Gasteiger partial charge is 0.255 e. The van der Waals surface area contributed by atoms with Gasteiger partial charge in [0.2, 0.25) is 0 Å². The minimum atomic E-state index is -0.347. The highest BCUT2D eigenvalue weighted by Gasteiger charge is 2.27. The van der Waals surface area contributed by atoms with Crippen LogP contribution in [-0.2, 0) is 4.74 Å². The number of carbonyl (C=O) groups excluding carboxylic acids is 1. The molecule has 1 saturated heterocycles. The van der Waals surface area contributed by atoms with Crippen LogP contribution in [0.2, 0.25) is 0 Å². The topological polar surface area (TPSA) is 55.6 Å². The van der Waals surface area contributed by atoms with Crippen LogP contribution in [0, 0.1) is 0 Å². The van der Waals surface area contributed by atoms with Crippen molar-refractivity contribution in [2.24, 2.45) is 5.73 Å². The summed E-state index contributed by atoms with van der Waals surface area (Å²) in [5.41, 5.74) is 6.20. The maximum atomic E-state index is 12.3. The van der Waals surface area contributed by atoms with Gasteiger partial charge in [-0.15, -0.1) is 0 Å². The van der Waals surface area contributed by atoms with Crippen LogP contribution in [0.4, 0.5) is 0 Å². The fourth-order valence-corrected chi connectivity index (χ4v) is 2.41. The largest absolute Gasteiger partial charge is 0.391 e. The summed E-state index contributed by atoms with van der Waals surface area (Å²) in [6, 6.07) is 7.35. The Kier molecular flexibility index (Phi) is 4.31. The minimum absolute atomic E-state index is 0.0352. The van der Waals surface area contributed by atoms with Crippen LogP contribution >= 0.6 is 28.1 Å². The monoisotopic (exact) mass is 328 g/mol. The van der Waals surface area contributed by atoms with Crippen molar-refractivity contribution in [1.82, 2.24) is 4.90 Å². The van der Waals surface area contributed by atoms with Crippen LogP contribution in [0.25, 0.3) is 0 Å². The van der Waals surface area contributed by atoms with Crippen LogP contribution in [0.15, 0.2) is 28.7 Å². The zero-order valence-electron chi connectivity index (χ0n) is 9.64. The summed E-state index contributed by atoms with van der Waals surface area (Å²) in [4.78, 5) is 14.4. The molecule has 1 aliphatic rings. The van der Waals surface area contributed by atoms with Gasteiger partial charge in [0.05, 0.1) is 18.7 Å². The average Bonchev–Trinajstić information content (AvgIpc) is 2.38. The first-order chi connectivity index (χ1) is 8.59. The molecule has 18 heavy (non-hydrogen) atoms. The van der Waals surface area contributed by atoms with E-state index in [0.717, 1.165) is 4.47 Å². The third-order valence-electron chi connectivity index (χ3n) is 2.78.